The van der Waals surface area contributed by atoms with Gasteiger partial charge in [-0.15, -0.1) is 5.10 Å². The number of ether oxygens (including phenoxy) is 1. The molecule has 8 nitrogen and oxygen atoms in total. The average molecular weight is 221 g/mol. The fourth-order valence-corrected chi connectivity index (χ4v) is 1.62. The van der Waals surface area contributed by atoms with Gasteiger partial charge < -0.3 is 15.4 Å². The summed E-state index contributed by atoms with van der Waals surface area (Å²) in [4.78, 5) is 14.2. The quantitative estimate of drug-likeness (QED) is 0.655. The molecule has 8 heteroatoms. The van der Waals surface area contributed by atoms with Crippen molar-refractivity contribution in [3.05, 3.63) is 6.33 Å². The summed E-state index contributed by atoms with van der Waals surface area (Å²) in [6.45, 7) is 2.95. The molecule has 0 aromatic carbocycles. The number of morpholine rings is 1. The molecule has 0 unspecified atom stereocenters. The molecule has 0 amide bonds. The fraction of sp³-hybridized carbons (Fsp3) is 0.500. The predicted molar refractivity (Wildman–Crippen MR) is 56.0 cm³/mol. The van der Waals surface area contributed by atoms with Crippen LogP contribution in [0.5, 0.6) is 0 Å². The number of anilines is 2. The maximum Gasteiger partial charge on any atom is 0.258 e. The highest BCUT2D eigenvalue weighted by Crippen LogP contribution is 2.11. The maximum atomic E-state index is 5.67. The molecule has 0 atom stereocenters. The number of rotatable bonds is 1. The molecule has 2 aromatic rings. The first-order valence-electron chi connectivity index (χ1n) is 5.00. The van der Waals surface area contributed by atoms with Crippen molar-refractivity contribution in [2.45, 2.75) is 0 Å². The van der Waals surface area contributed by atoms with E-state index >= 15 is 0 Å². The highest BCUT2D eigenvalue weighted by Gasteiger charge is 2.16. The molecule has 1 aliphatic heterocycles. The van der Waals surface area contributed by atoms with E-state index in [0.29, 0.717) is 24.9 Å². The second-order valence-electron chi connectivity index (χ2n) is 3.45. The van der Waals surface area contributed by atoms with Gasteiger partial charge >= 0.3 is 0 Å². The van der Waals surface area contributed by atoms with Crippen molar-refractivity contribution in [2.24, 2.45) is 0 Å². The van der Waals surface area contributed by atoms with Gasteiger partial charge in [0.2, 0.25) is 11.9 Å². The zero-order valence-electron chi connectivity index (χ0n) is 8.57. The first-order valence-corrected chi connectivity index (χ1v) is 5.00. The Bertz CT molecular complexity index is 504. The Labute approximate surface area is 91.1 Å². The normalized spacial score (nSPS) is 16.9. The van der Waals surface area contributed by atoms with Gasteiger partial charge in [0, 0.05) is 13.1 Å². The molecule has 3 rings (SSSR count). The lowest BCUT2D eigenvalue weighted by Crippen LogP contribution is -2.36. The SMILES string of the molecule is Nc1ncnc2nc(N3CCOCC3)nn12. The highest BCUT2D eigenvalue weighted by molar-refractivity contribution is 5.42. The summed E-state index contributed by atoms with van der Waals surface area (Å²) in [6.07, 6.45) is 1.38. The van der Waals surface area contributed by atoms with Crippen molar-refractivity contribution in [3.63, 3.8) is 0 Å². The van der Waals surface area contributed by atoms with Gasteiger partial charge in [-0.25, -0.2) is 4.98 Å². The Morgan fingerprint density at radius 3 is 2.81 bits per heavy atom. The monoisotopic (exact) mass is 221 g/mol. The molecule has 2 aromatic heterocycles. The Kier molecular flexibility index (Phi) is 2.07. The van der Waals surface area contributed by atoms with Gasteiger partial charge in [-0.05, 0) is 0 Å². The Hall–Kier alpha value is -1.96. The summed E-state index contributed by atoms with van der Waals surface area (Å²) >= 11 is 0. The van der Waals surface area contributed by atoms with Gasteiger partial charge in [-0.1, -0.05) is 0 Å². The summed E-state index contributed by atoms with van der Waals surface area (Å²) in [6, 6.07) is 0. The minimum Gasteiger partial charge on any atom is -0.378 e. The molecular weight excluding hydrogens is 210 g/mol. The van der Waals surface area contributed by atoms with Crippen molar-refractivity contribution < 1.29 is 4.74 Å². The second-order valence-corrected chi connectivity index (χ2v) is 3.45. The molecule has 1 fully saturated rings. The van der Waals surface area contributed by atoms with Crippen LogP contribution in [0.25, 0.3) is 5.78 Å². The number of hydrogen-bond donors (Lipinski definition) is 1. The number of nitrogen functional groups attached to an aromatic ring is 1. The summed E-state index contributed by atoms with van der Waals surface area (Å²) < 4.78 is 6.70. The average Bonchev–Trinajstić information content (AvgIpc) is 2.76. The largest absolute Gasteiger partial charge is 0.378 e. The van der Waals surface area contributed by atoms with Crippen LogP contribution in [-0.4, -0.2) is 50.9 Å². The van der Waals surface area contributed by atoms with Gasteiger partial charge in [-0.2, -0.15) is 14.5 Å². The summed E-state index contributed by atoms with van der Waals surface area (Å²) in [5, 5.41) is 4.26. The molecule has 84 valence electrons. The molecule has 0 spiro atoms. The maximum absolute atomic E-state index is 5.67. The highest BCUT2D eigenvalue weighted by atomic mass is 16.5. The van der Waals surface area contributed by atoms with Crippen LogP contribution in [0.4, 0.5) is 11.9 Å². The Balaban J connectivity index is 2.01. The van der Waals surface area contributed by atoms with Crippen LogP contribution in [0.15, 0.2) is 6.33 Å². The zero-order chi connectivity index (χ0) is 11.0. The lowest BCUT2D eigenvalue weighted by atomic mass is 10.4. The van der Waals surface area contributed by atoms with Crippen LogP contribution in [0.2, 0.25) is 0 Å². The van der Waals surface area contributed by atoms with Crippen LogP contribution >= 0.6 is 0 Å². The van der Waals surface area contributed by atoms with E-state index in [1.165, 1.54) is 10.8 Å². The van der Waals surface area contributed by atoms with Gasteiger partial charge in [0.05, 0.1) is 13.2 Å². The van der Waals surface area contributed by atoms with Crippen LogP contribution in [0, 0.1) is 0 Å². The van der Waals surface area contributed by atoms with Crippen LogP contribution < -0.4 is 10.6 Å². The van der Waals surface area contributed by atoms with Crippen molar-refractivity contribution in [2.75, 3.05) is 36.9 Å². The van der Waals surface area contributed by atoms with E-state index in [4.69, 9.17) is 10.5 Å². The van der Waals surface area contributed by atoms with Crippen molar-refractivity contribution in [3.8, 4) is 0 Å². The first-order chi connectivity index (χ1) is 7.84. The molecule has 0 saturated carbocycles. The van der Waals surface area contributed by atoms with Crippen molar-refractivity contribution in [1.82, 2.24) is 24.6 Å². The molecule has 1 saturated heterocycles. The molecule has 3 heterocycles. The standard InChI is InChI=1S/C8H11N7O/c9-6-10-5-11-7-12-8(13-15(6)7)14-1-3-16-4-2-14/h5H,1-4H2,(H2,9,10,11,12,13). The number of nitrogens with zero attached hydrogens (tertiary/aromatic N) is 6. The van der Waals surface area contributed by atoms with Crippen molar-refractivity contribution >= 4 is 17.7 Å². The minimum atomic E-state index is 0.289. The molecule has 16 heavy (non-hydrogen) atoms. The summed E-state index contributed by atoms with van der Waals surface area (Å²) in [7, 11) is 0. The van der Waals surface area contributed by atoms with Crippen LogP contribution in [0.1, 0.15) is 0 Å². The van der Waals surface area contributed by atoms with E-state index in [1.54, 1.807) is 0 Å². The smallest absolute Gasteiger partial charge is 0.258 e. The number of aromatic nitrogens is 5. The molecule has 2 N–H and O–H groups in total. The first kappa shape index (κ1) is 9.28. The lowest BCUT2D eigenvalue weighted by Gasteiger charge is -2.25. The van der Waals surface area contributed by atoms with Crippen LogP contribution in [-0.2, 0) is 4.74 Å². The van der Waals surface area contributed by atoms with E-state index in [9.17, 15) is 0 Å². The third-order valence-electron chi connectivity index (χ3n) is 2.45. The molecular formula is C8H11N7O. The predicted octanol–water partition coefficient (Wildman–Crippen LogP) is -1.06. The minimum absolute atomic E-state index is 0.289. The lowest BCUT2D eigenvalue weighted by molar-refractivity contribution is 0.122. The zero-order valence-corrected chi connectivity index (χ0v) is 8.57. The van der Waals surface area contributed by atoms with Gasteiger partial charge in [0.1, 0.15) is 6.33 Å². The molecule has 0 radical (unpaired) electrons. The molecule has 0 bridgehead atoms. The number of fused-ring (bicyclic) bond motifs is 1. The summed E-state index contributed by atoms with van der Waals surface area (Å²) in [5.41, 5.74) is 5.67. The fourth-order valence-electron chi connectivity index (χ4n) is 1.62. The molecule has 0 aliphatic carbocycles. The Morgan fingerprint density at radius 1 is 1.25 bits per heavy atom. The van der Waals surface area contributed by atoms with Gasteiger partial charge in [-0.3, -0.25) is 0 Å². The third-order valence-corrected chi connectivity index (χ3v) is 2.45. The van der Waals surface area contributed by atoms with E-state index in [-0.39, 0.29) is 5.95 Å². The molecule has 1 aliphatic rings. The number of hydrogen-bond acceptors (Lipinski definition) is 7. The Morgan fingerprint density at radius 2 is 2.06 bits per heavy atom. The van der Waals surface area contributed by atoms with Gasteiger partial charge in [0.25, 0.3) is 5.78 Å². The van der Waals surface area contributed by atoms with E-state index in [2.05, 4.69) is 20.1 Å². The summed E-state index contributed by atoms with van der Waals surface area (Å²) in [5.74, 6) is 1.38. The second kappa shape index (κ2) is 3.56. The topological polar surface area (TPSA) is 94.5 Å². The van der Waals surface area contributed by atoms with Gasteiger partial charge in [0.15, 0.2) is 0 Å². The van der Waals surface area contributed by atoms with Crippen molar-refractivity contribution in [1.29, 1.82) is 0 Å². The van der Waals surface area contributed by atoms with E-state index in [0.717, 1.165) is 13.1 Å². The van der Waals surface area contributed by atoms with Crippen LogP contribution in [0.3, 0.4) is 0 Å². The van der Waals surface area contributed by atoms with E-state index < -0.39 is 0 Å². The number of nitrogens with two attached hydrogens (primary N) is 1. The third kappa shape index (κ3) is 1.43. The van der Waals surface area contributed by atoms with E-state index in [1.807, 2.05) is 4.90 Å².